The summed E-state index contributed by atoms with van der Waals surface area (Å²) in [5.74, 6) is -0.995. The number of carbonyl (C=O) groups excluding carboxylic acids is 1. The van der Waals surface area contributed by atoms with Crippen molar-refractivity contribution in [2.45, 2.75) is 6.92 Å². The van der Waals surface area contributed by atoms with Crippen molar-refractivity contribution < 1.29 is 9.18 Å². The zero-order chi connectivity index (χ0) is 10.0. The van der Waals surface area contributed by atoms with Gasteiger partial charge in [0.2, 0.25) is 0 Å². The van der Waals surface area contributed by atoms with Gasteiger partial charge in [-0.25, -0.2) is 4.39 Å². The second kappa shape index (κ2) is 3.75. The minimum atomic E-state index is -0.517. The van der Waals surface area contributed by atoms with E-state index in [9.17, 15) is 9.18 Å². The summed E-state index contributed by atoms with van der Waals surface area (Å²) >= 11 is 5.35. The summed E-state index contributed by atoms with van der Waals surface area (Å²) in [4.78, 5) is 11.2. The number of carbonyl (C=O) groups is 1. The van der Waals surface area contributed by atoms with Gasteiger partial charge in [0.05, 0.1) is 5.88 Å². The van der Waals surface area contributed by atoms with Gasteiger partial charge in [0.25, 0.3) is 0 Å². The van der Waals surface area contributed by atoms with Crippen LogP contribution in [0.5, 0.6) is 0 Å². The van der Waals surface area contributed by atoms with Crippen LogP contribution in [0.1, 0.15) is 15.9 Å². The first-order valence-corrected chi connectivity index (χ1v) is 4.24. The second-order valence-corrected chi connectivity index (χ2v) is 2.99. The van der Waals surface area contributed by atoms with E-state index in [2.05, 4.69) is 0 Å². The molecule has 0 saturated carbocycles. The van der Waals surface area contributed by atoms with Crippen molar-refractivity contribution in [2.24, 2.45) is 0 Å². The third kappa shape index (κ3) is 1.98. The molecule has 1 aromatic carbocycles. The molecule has 0 radical (unpaired) electrons. The predicted molar refractivity (Wildman–Crippen MR) is 50.6 cm³/mol. The molecular formula is C9H9ClFNO. The number of benzene rings is 1. The van der Waals surface area contributed by atoms with Crippen molar-refractivity contribution in [3.63, 3.8) is 0 Å². The van der Waals surface area contributed by atoms with Crippen LogP contribution < -0.4 is 5.73 Å². The summed E-state index contributed by atoms with van der Waals surface area (Å²) in [6, 6.07) is 2.33. The summed E-state index contributed by atoms with van der Waals surface area (Å²) in [6.45, 7) is 1.66. The van der Waals surface area contributed by atoms with Gasteiger partial charge in [-0.2, -0.15) is 0 Å². The van der Waals surface area contributed by atoms with Crippen molar-refractivity contribution >= 4 is 23.1 Å². The van der Waals surface area contributed by atoms with Gasteiger partial charge < -0.3 is 5.73 Å². The molecule has 70 valence electrons. The molecular weight excluding hydrogens is 193 g/mol. The molecule has 0 fully saturated rings. The maximum Gasteiger partial charge on any atom is 0.178 e. The highest BCUT2D eigenvalue weighted by molar-refractivity contribution is 6.30. The van der Waals surface area contributed by atoms with E-state index in [1.54, 1.807) is 6.92 Å². The van der Waals surface area contributed by atoms with Gasteiger partial charge in [-0.3, -0.25) is 4.79 Å². The van der Waals surface area contributed by atoms with Crippen molar-refractivity contribution in [3.05, 3.63) is 29.1 Å². The maximum atomic E-state index is 12.8. The van der Waals surface area contributed by atoms with E-state index in [-0.39, 0.29) is 22.9 Å². The lowest BCUT2D eigenvalue weighted by Gasteiger charge is -2.05. The molecule has 1 aromatic rings. The Balaban J connectivity index is 3.28. The Bertz CT molecular complexity index is 352. The molecule has 0 aliphatic heterocycles. The molecule has 0 atom stereocenters. The molecule has 2 N–H and O–H groups in total. The fourth-order valence-electron chi connectivity index (χ4n) is 1.06. The van der Waals surface area contributed by atoms with Crippen LogP contribution >= 0.6 is 11.6 Å². The molecule has 4 heteroatoms. The number of nitrogens with two attached hydrogens (primary N) is 1. The van der Waals surface area contributed by atoms with Gasteiger partial charge in [-0.1, -0.05) is 0 Å². The predicted octanol–water partition coefficient (Wildman–Crippen LogP) is 2.14. The van der Waals surface area contributed by atoms with E-state index >= 15 is 0 Å². The molecule has 0 heterocycles. The van der Waals surface area contributed by atoms with E-state index < -0.39 is 5.82 Å². The molecule has 0 bridgehead atoms. The zero-order valence-corrected chi connectivity index (χ0v) is 7.86. The highest BCUT2D eigenvalue weighted by atomic mass is 35.5. The summed E-state index contributed by atoms with van der Waals surface area (Å²) in [6.07, 6.45) is 0. The molecule has 2 nitrogen and oxygen atoms in total. The number of ketones is 1. The van der Waals surface area contributed by atoms with Crippen LogP contribution in [0.3, 0.4) is 0 Å². The Labute approximate surface area is 80.5 Å². The number of nitrogen functional groups attached to an aromatic ring is 1. The van der Waals surface area contributed by atoms with E-state index in [4.69, 9.17) is 17.3 Å². The van der Waals surface area contributed by atoms with Crippen molar-refractivity contribution in [3.8, 4) is 0 Å². The molecule has 0 amide bonds. The lowest BCUT2D eigenvalue weighted by molar-refractivity contribution is 0.102. The summed E-state index contributed by atoms with van der Waals surface area (Å²) in [5, 5.41) is 0. The van der Waals surface area contributed by atoms with Crippen LogP contribution in [0.4, 0.5) is 10.1 Å². The highest BCUT2D eigenvalue weighted by Crippen LogP contribution is 2.18. The van der Waals surface area contributed by atoms with Gasteiger partial charge in [0.15, 0.2) is 5.78 Å². The average Bonchev–Trinajstić information content (AvgIpc) is 2.10. The standard InChI is InChI=1S/C9H9ClFNO/c1-5-7(9(13)4-10)2-6(11)3-8(5)12/h2-3H,4,12H2,1H3. The van der Waals surface area contributed by atoms with Crippen LogP contribution in [0.25, 0.3) is 0 Å². The molecule has 13 heavy (non-hydrogen) atoms. The number of hydrogen-bond donors (Lipinski definition) is 1. The highest BCUT2D eigenvalue weighted by Gasteiger charge is 2.11. The first-order valence-electron chi connectivity index (χ1n) is 3.71. The van der Waals surface area contributed by atoms with E-state index in [1.807, 2.05) is 0 Å². The molecule has 1 rings (SSSR count). The normalized spacial score (nSPS) is 10.1. The summed E-state index contributed by atoms with van der Waals surface area (Å²) in [7, 11) is 0. The molecule has 0 spiro atoms. The number of halogens is 2. The number of alkyl halides is 1. The lowest BCUT2D eigenvalue weighted by atomic mass is 10.0. The van der Waals surface area contributed by atoms with E-state index in [1.165, 1.54) is 6.07 Å². The lowest BCUT2D eigenvalue weighted by Crippen LogP contribution is -2.06. The van der Waals surface area contributed by atoms with Crippen LogP contribution in [0.15, 0.2) is 12.1 Å². The number of Topliss-reactive ketones (excluding diaryl/α,β-unsaturated/α-hetero) is 1. The quantitative estimate of drug-likeness (QED) is 0.453. The minimum Gasteiger partial charge on any atom is -0.398 e. The van der Waals surface area contributed by atoms with Crippen LogP contribution in [-0.4, -0.2) is 11.7 Å². The maximum absolute atomic E-state index is 12.8. The number of anilines is 1. The fourth-order valence-corrected chi connectivity index (χ4v) is 1.21. The van der Waals surface area contributed by atoms with Gasteiger partial charge in [0, 0.05) is 11.3 Å². The number of hydrogen-bond acceptors (Lipinski definition) is 2. The molecule has 0 unspecified atom stereocenters. The van der Waals surface area contributed by atoms with Crippen molar-refractivity contribution in [2.75, 3.05) is 11.6 Å². The smallest absolute Gasteiger partial charge is 0.178 e. The minimum absolute atomic E-state index is 0.163. The monoisotopic (exact) mass is 201 g/mol. The van der Waals surface area contributed by atoms with Crippen LogP contribution in [0, 0.1) is 12.7 Å². The molecule has 0 aliphatic carbocycles. The third-order valence-electron chi connectivity index (χ3n) is 1.83. The largest absolute Gasteiger partial charge is 0.398 e. The van der Waals surface area contributed by atoms with Gasteiger partial charge in [-0.05, 0) is 24.6 Å². The van der Waals surface area contributed by atoms with Gasteiger partial charge >= 0.3 is 0 Å². The van der Waals surface area contributed by atoms with Gasteiger partial charge in [-0.15, -0.1) is 11.6 Å². The van der Waals surface area contributed by atoms with E-state index in [0.717, 1.165) is 6.07 Å². The second-order valence-electron chi connectivity index (χ2n) is 2.72. The molecule has 0 aromatic heterocycles. The van der Waals surface area contributed by atoms with E-state index in [0.29, 0.717) is 5.56 Å². The molecule has 0 saturated heterocycles. The van der Waals surface area contributed by atoms with Crippen LogP contribution in [-0.2, 0) is 0 Å². The third-order valence-corrected chi connectivity index (χ3v) is 2.08. The summed E-state index contributed by atoms with van der Waals surface area (Å²) < 4.78 is 12.8. The van der Waals surface area contributed by atoms with Crippen molar-refractivity contribution in [1.82, 2.24) is 0 Å². The Kier molecular flexibility index (Phi) is 2.88. The van der Waals surface area contributed by atoms with Gasteiger partial charge in [0.1, 0.15) is 5.82 Å². The first-order chi connectivity index (χ1) is 6.06. The zero-order valence-electron chi connectivity index (χ0n) is 7.10. The summed E-state index contributed by atoms with van der Waals surface area (Å²) in [5.41, 5.74) is 6.58. The Morgan fingerprint density at radius 1 is 1.62 bits per heavy atom. The average molecular weight is 202 g/mol. The SMILES string of the molecule is Cc1c(N)cc(F)cc1C(=O)CCl. The number of rotatable bonds is 2. The fraction of sp³-hybridized carbons (Fsp3) is 0.222. The Morgan fingerprint density at radius 3 is 2.77 bits per heavy atom. The molecule has 0 aliphatic rings. The Morgan fingerprint density at radius 2 is 2.23 bits per heavy atom. The topological polar surface area (TPSA) is 43.1 Å². The Hall–Kier alpha value is -1.09. The van der Waals surface area contributed by atoms with Crippen LogP contribution in [0.2, 0.25) is 0 Å². The first kappa shape index (κ1) is 9.99. The van der Waals surface area contributed by atoms with Crippen molar-refractivity contribution in [1.29, 1.82) is 0 Å².